The Morgan fingerprint density at radius 3 is 2.24 bits per heavy atom. The molecule has 12 heteroatoms. The van der Waals surface area contributed by atoms with Gasteiger partial charge in [-0.05, 0) is 80.0 Å². The summed E-state index contributed by atoms with van der Waals surface area (Å²) in [6, 6.07) is 14.5. The molecule has 11 nitrogen and oxygen atoms in total. The number of fused-ring (bicyclic) bond motifs is 4. The van der Waals surface area contributed by atoms with Crippen molar-refractivity contribution < 1.29 is 32.6 Å². The number of carboxylic acid groups (broad SMARTS) is 1. The minimum atomic E-state index is -4.11. The molecule has 244 valence electrons. The number of nitrogens with two attached hydrogens (primary N) is 1. The van der Waals surface area contributed by atoms with Crippen LogP contribution in [0.3, 0.4) is 0 Å². The predicted octanol–water partition coefficient (Wildman–Crippen LogP) is 4.64. The molecule has 1 aliphatic carbocycles. The van der Waals surface area contributed by atoms with Crippen LogP contribution in [0.2, 0.25) is 0 Å². The number of nitrogens with one attached hydrogen (secondary N) is 1. The number of nitrogens with zero attached hydrogens (tertiary/aromatic N) is 2. The van der Waals surface area contributed by atoms with Gasteiger partial charge >= 0.3 is 12.1 Å². The van der Waals surface area contributed by atoms with Gasteiger partial charge < -0.3 is 25.6 Å². The highest BCUT2D eigenvalue weighted by molar-refractivity contribution is 7.89. The molecule has 1 amide bonds. The Morgan fingerprint density at radius 1 is 1.07 bits per heavy atom. The van der Waals surface area contributed by atoms with Gasteiger partial charge in [-0.1, -0.05) is 48.5 Å². The Balaban J connectivity index is 1.23. The third kappa shape index (κ3) is 6.01. The van der Waals surface area contributed by atoms with Crippen LogP contribution in [0.15, 0.2) is 58.4 Å². The molecule has 5 rings (SSSR count). The van der Waals surface area contributed by atoms with E-state index >= 15 is 0 Å². The van der Waals surface area contributed by atoms with E-state index in [-0.39, 0.29) is 36.3 Å². The van der Waals surface area contributed by atoms with Gasteiger partial charge in [0.05, 0.1) is 4.90 Å². The SMILES string of the molecule is Cc1c(C)c(S(=O)(=O)N(C)C(N)=NCC[C@H](NC(=O)OCC2c3ccccc3-c3ccccc32)C(=O)O)c(C)c2c1OC(C)(C)C2. The molecule has 0 spiro atoms. The fourth-order valence-electron chi connectivity index (χ4n) is 6.34. The minimum Gasteiger partial charge on any atom is -0.487 e. The first-order valence-electron chi connectivity index (χ1n) is 15.1. The standard InChI is InChI=1S/C34H40N4O7S/c1-19-20(2)30(21(3)26-17-34(4,5)45-29(19)26)46(42,43)38(6)32(35)36-16-15-28(31(39)40)37-33(41)44-18-27-24-13-9-7-11-22(24)23-12-8-10-14-25(23)27/h7-14,27-28H,15-18H2,1-6H3,(H2,35,36)(H,37,41)(H,39,40)/t28-/m0/s1. The zero-order valence-electron chi connectivity index (χ0n) is 26.9. The monoisotopic (exact) mass is 648 g/mol. The molecule has 1 atom stereocenters. The average molecular weight is 649 g/mol. The maximum atomic E-state index is 13.8. The lowest BCUT2D eigenvalue weighted by molar-refractivity contribution is -0.139. The number of aliphatic imine (C=N–C) groups is 1. The highest BCUT2D eigenvalue weighted by atomic mass is 32.2. The lowest BCUT2D eigenvalue weighted by atomic mass is 9.94. The second kappa shape index (κ2) is 12.3. The van der Waals surface area contributed by atoms with Crippen molar-refractivity contribution in [1.29, 1.82) is 0 Å². The first kappa shape index (κ1) is 32.8. The molecule has 0 unspecified atom stereocenters. The van der Waals surface area contributed by atoms with Crippen molar-refractivity contribution in [1.82, 2.24) is 9.62 Å². The number of carbonyl (C=O) groups is 2. The number of sulfonamides is 1. The van der Waals surface area contributed by atoms with Crippen LogP contribution in [-0.4, -0.2) is 67.7 Å². The molecular formula is C34H40N4O7S. The molecule has 2 aliphatic rings. The predicted molar refractivity (Wildman–Crippen MR) is 175 cm³/mol. The quantitative estimate of drug-likeness (QED) is 0.223. The van der Waals surface area contributed by atoms with Gasteiger partial charge in [0.25, 0.3) is 10.0 Å². The molecule has 1 aliphatic heterocycles. The molecule has 0 saturated carbocycles. The number of amides is 1. The molecule has 0 bridgehead atoms. The Kier molecular flexibility index (Phi) is 8.78. The molecule has 0 radical (unpaired) electrons. The van der Waals surface area contributed by atoms with Gasteiger partial charge in [-0.3, -0.25) is 4.99 Å². The minimum absolute atomic E-state index is 0.0323. The molecular weight excluding hydrogens is 608 g/mol. The highest BCUT2D eigenvalue weighted by Gasteiger charge is 2.38. The van der Waals surface area contributed by atoms with Gasteiger partial charge in [0.1, 0.15) is 24.0 Å². The first-order valence-corrected chi connectivity index (χ1v) is 16.5. The van der Waals surface area contributed by atoms with Crippen molar-refractivity contribution in [2.24, 2.45) is 10.7 Å². The van der Waals surface area contributed by atoms with Crippen molar-refractivity contribution in [2.75, 3.05) is 20.2 Å². The summed E-state index contributed by atoms with van der Waals surface area (Å²) in [5.74, 6) is -1.05. The van der Waals surface area contributed by atoms with E-state index in [4.69, 9.17) is 15.2 Å². The van der Waals surface area contributed by atoms with E-state index < -0.39 is 33.7 Å². The van der Waals surface area contributed by atoms with Crippen molar-refractivity contribution in [3.63, 3.8) is 0 Å². The summed E-state index contributed by atoms with van der Waals surface area (Å²) in [6.07, 6.45) is -0.453. The fourth-order valence-corrected chi connectivity index (χ4v) is 7.97. The maximum absolute atomic E-state index is 13.8. The molecule has 1 heterocycles. The maximum Gasteiger partial charge on any atom is 0.407 e. The zero-order chi connectivity index (χ0) is 33.6. The fraction of sp³-hybridized carbons (Fsp3) is 0.382. The van der Waals surface area contributed by atoms with Crippen molar-refractivity contribution >= 4 is 28.0 Å². The topological polar surface area (TPSA) is 161 Å². The molecule has 0 saturated heterocycles. The highest BCUT2D eigenvalue weighted by Crippen LogP contribution is 2.45. The van der Waals surface area contributed by atoms with Gasteiger partial charge in [-0.15, -0.1) is 0 Å². The van der Waals surface area contributed by atoms with Crippen molar-refractivity contribution in [2.45, 2.75) is 69.9 Å². The summed E-state index contributed by atoms with van der Waals surface area (Å²) < 4.78 is 40.0. The number of rotatable bonds is 9. The second-order valence-corrected chi connectivity index (χ2v) is 14.3. The van der Waals surface area contributed by atoms with Gasteiger partial charge in [0, 0.05) is 31.5 Å². The van der Waals surface area contributed by atoms with Crippen LogP contribution in [0.1, 0.15) is 59.6 Å². The normalized spacial score (nSPS) is 15.7. The van der Waals surface area contributed by atoms with Crippen molar-refractivity contribution in [3.05, 3.63) is 81.9 Å². The Morgan fingerprint density at radius 2 is 1.65 bits per heavy atom. The summed E-state index contributed by atoms with van der Waals surface area (Å²) in [4.78, 5) is 28.9. The average Bonchev–Trinajstić information content (AvgIpc) is 3.51. The van der Waals surface area contributed by atoms with Crippen LogP contribution < -0.4 is 15.8 Å². The Labute approximate surface area is 269 Å². The number of carboxylic acids is 1. The third-order valence-corrected chi connectivity index (χ3v) is 10.9. The van der Waals surface area contributed by atoms with E-state index in [1.165, 1.54) is 7.05 Å². The van der Waals surface area contributed by atoms with Crippen LogP contribution in [0.5, 0.6) is 5.75 Å². The first-order chi connectivity index (χ1) is 21.6. The lowest BCUT2D eigenvalue weighted by Gasteiger charge is -2.23. The van der Waals surface area contributed by atoms with Gasteiger partial charge in [-0.25, -0.2) is 22.3 Å². The smallest absolute Gasteiger partial charge is 0.407 e. The van der Waals surface area contributed by atoms with Crippen LogP contribution in [0.25, 0.3) is 11.1 Å². The van der Waals surface area contributed by atoms with E-state index in [9.17, 15) is 23.1 Å². The lowest BCUT2D eigenvalue weighted by Crippen LogP contribution is -2.42. The van der Waals surface area contributed by atoms with E-state index in [2.05, 4.69) is 10.3 Å². The van der Waals surface area contributed by atoms with Crippen LogP contribution in [0.4, 0.5) is 4.79 Å². The zero-order valence-corrected chi connectivity index (χ0v) is 27.7. The number of alkyl carbamates (subject to hydrolysis) is 1. The van der Waals surface area contributed by atoms with Gasteiger partial charge in [0.15, 0.2) is 0 Å². The van der Waals surface area contributed by atoms with E-state index in [1.54, 1.807) is 13.8 Å². The molecule has 0 fully saturated rings. The second-order valence-electron chi connectivity index (χ2n) is 12.4. The van der Waals surface area contributed by atoms with Crippen molar-refractivity contribution in [3.8, 4) is 16.9 Å². The molecule has 4 N–H and O–H groups in total. The summed E-state index contributed by atoms with van der Waals surface area (Å²) in [6.45, 7) is 9.12. The number of carbonyl (C=O) groups excluding carboxylic acids is 1. The molecule has 3 aromatic carbocycles. The summed E-state index contributed by atoms with van der Waals surface area (Å²) in [7, 11) is -2.80. The molecule has 46 heavy (non-hydrogen) atoms. The van der Waals surface area contributed by atoms with E-state index in [0.29, 0.717) is 23.3 Å². The Hall–Kier alpha value is -4.58. The number of ether oxygens (including phenoxy) is 2. The van der Waals surface area contributed by atoms with Gasteiger partial charge in [0.2, 0.25) is 5.96 Å². The number of hydrogen-bond donors (Lipinski definition) is 3. The number of guanidine groups is 1. The van der Waals surface area contributed by atoms with E-state index in [1.807, 2.05) is 69.3 Å². The number of benzene rings is 3. The summed E-state index contributed by atoms with van der Waals surface area (Å²) in [5.41, 5.74) is 12.6. The number of hydrogen-bond acceptors (Lipinski definition) is 7. The Bertz CT molecular complexity index is 1810. The molecule has 0 aromatic heterocycles. The van der Waals surface area contributed by atoms with E-state index in [0.717, 1.165) is 37.7 Å². The summed E-state index contributed by atoms with van der Waals surface area (Å²) >= 11 is 0. The third-order valence-electron chi connectivity index (χ3n) is 8.86. The van der Waals surface area contributed by atoms with Gasteiger partial charge in [-0.2, -0.15) is 0 Å². The number of aliphatic carboxylic acids is 1. The molecule has 3 aromatic rings. The van der Waals surface area contributed by atoms with Crippen LogP contribution in [-0.2, 0) is 26.0 Å². The largest absolute Gasteiger partial charge is 0.487 e. The van der Waals surface area contributed by atoms with Crippen LogP contribution in [0, 0.1) is 20.8 Å². The summed E-state index contributed by atoms with van der Waals surface area (Å²) in [5, 5.41) is 12.1. The van der Waals surface area contributed by atoms with Crippen LogP contribution >= 0.6 is 0 Å².